The third kappa shape index (κ3) is 4.68. The third-order valence-electron chi connectivity index (χ3n) is 5.65. The molecule has 156 valence electrons. The first kappa shape index (κ1) is 20.1. The lowest BCUT2D eigenvalue weighted by atomic mass is 10.1. The summed E-state index contributed by atoms with van der Waals surface area (Å²) in [6.07, 6.45) is 2.95. The van der Waals surface area contributed by atoms with E-state index >= 15 is 0 Å². The molecular formula is C24H27N3O3. The van der Waals surface area contributed by atoms with Crippen LogP contribution in [0, 0.1) is 11.3 Å². The Morgan fingerprint density at radius 1 is 0.967 bits per heavy atom. The van der Waals surface area contributed by atoms with Gasteiger partial charge in [-0.2, -0.15) is 5.26 Å². The van der Waals surface area contributed by atoms with E-state index in [1.807, 2.05) is 47.4 Å². The number of amides is 1. The van der Waals surface area contributed by atoms with Gasteiger partial charge in [0.15, 0.2) is 11.5 Å². The minimum Gasteiger partial charge on any atom is -0.490 e. The van der Waals surface area contributed by atoms with Crippen molar-refractivity contribution >= 4 is 11.6 Å². The van der Waals surface area contributed by atoms with Crippen molar-refractivity contribution in [1.82, 2.24) is 4.90 Å². The molecule has 0 bridgehead atoms. The summed E-state index contributed by atoms with van der Waals surface area (Å²) in [6.45, 7) is 4.37. The number of fused-ring (bicyclic) bond motifs is 1. The number of carbonyl (C=O) groups excluding carboxylic acids is 1. The largest absolute Gasteiger partial charge is 0.490 e. The van der Waals surface area contributed by atoms with Gasteiger partial charge in [-0.05, 0) is 42.7 Å². The molecule has 0 saturated carbocycles. The number of nitriles is 1. The Labute approximate surface area is 177 Å². The van der Waals surface area contributed by atoms with E-state index in [1.165, 1.54) is 0 Å². The minimum absolute atomic E-state index is 0.178. The van der Waals surface area contributed by atoms with E-state index in [-0.39, 0.29) is 5.91 Å². The quantitative estimate of drug-likeness (QED) is 0.780. The van der Waals surface area contributed by atoms with E-state index in [0.717, 1.165) is 55.2 Å². The molecule has 1 fully saturated rings. The van der Waals surface area contributed by atoms with Crippen LogP contribution in [0.2, 0.25) is 0 Å². The van der Waals surface area contributed by atoms with Gasteiger partial charge >= 0.3 is 0 Å². The molecule has 2 aliphatic rings. The number of anilines is 1. The topological polar surface area (TPSA) is 65.8 Å². The van der Waals surface area contributed by atoms with Gasteiger partial charge in [0.05, 0.1) is 24.5 Å². The highest BCUT2D eigenvalue weighted by molar-refractivity contribution is 5.76. The molecule has 1 saturated heterocycles. The Hall–Kier alpha value is -3.20. The smallest absolute Gasteiger partial charge is 0.222 e. The Bertz CT molecular complexity index is 938. The van der Waals surface area contributed by atoms with Crippen LogP contribution < -0.4 is 14.4 Å². The molecule has 6 heteroatoms. The van der Waals surface area contributed by atoms with Gasteiger partial charge in [0.25, 0.3) is 0 Å². The van der Waals surface area contributed by atoms with E-state index in [1.54, 1.807) is 0 Å². The average molecular weight is 405 g/mol. The Morgan fingerprint density at radius 2 is 1.80 bits per heavy atom. The first-order valence-corrected chi connectivity index (χ1v) is 10.6. The maximum absolute atomic E-state index is 12.8. The van der Waals surface area contributed by atoms with Gasteiger partial charge in [-0.25, -0.2) is 0 Å². The number of rotatable bonds is 4. The Balaban J connectivity index is 1.33. The molecule has 4 rings (SSSR count). The molecule has 0 atom stereocenters. The van der Waals surface area contributed by atoms with Gasteiger partial charge in [0, 0.05) is 39.0 Å². The summed E-state index contributed by atoms with van der Waals surface area (Å²) in [6, 6.07) is 15.9. The third-order valence-corrected chi connectivity index (χ3v) is 5.65. The van der Waals surface area contributed by atoms with Crippen molar-refractivity contribution in [2.75, 3.05) is 44.3 Å². The predicted molar refractivity (Wildman–Crippen MR) is 115 cm³/mol. The van der Waals surface area contributed by atoms with Crippen LogP contribution in [0.3, 0.4) is 0 Å². The van der Waals surface area contributed by atoms with Gasteiger partial charge in [-0.1, -0.05) is 18.2 Å². The number of nitrogens with zero attached hydrogens (tertiary/aromatic N) is 3. The number of carbonyl (C=O) groups is 1. The van der Waals surface area contributed by atoms with Crippen LogP contribution in [-0.2, 0) is 11.2 Å². The maximum Gasteiger partial charge on any atom is 0.222 e. The second-order valence-corrected chi connectivity index (χ2v) is 7.68. The van der Waals surface area contributed by atoms with Crippen LogP contribution in [0.1, 0.15) is 30.4 Å². The summed E-state index contributed by atoms with van der Waals surface area (Å²) in [5.41, 5.74) is 2.74. The highest BCUT2D eigenvalue weighted by Crippen LogP contribution is 2.31. The molecule has 2 aliphatic heterocycles. The van der Waals surface area contributed by atoms with E-state index in [2.05, 4.69) is 11.0 Å². The SMILES string of the molecule is N#Cc1ccccc1N1CCCN(C(=O)CCc2ccc3c(c2)OCCCO3)CC1. The average Bonchev–Trinajstić information content (AvgIpc) is 3.18. The van der Waals surface area contributed by atoms with Gasteiger partial charge in [0.2, 0.25) is 5.91 Å². The summed E-state index contributed by atoms with van der Waals surface area (Å²) >= 11 is 0. The van der Waals surface area contributed by atoms with Gasteiger partial charge in [0.1, 0.15) is 6.07 Å². The molecule has 2 aromatic rings. The van der Waals surface area contributed by atoms with Crippen LogP contribution in [0.5, 0.6) is 11.5 Å². The maximum atomic E-state index is 12.8. The molecule has 0 aromatic heterocycles. The zero-order valence-corrected chi connectivity index (χ0v) is 17.2. The molecule has 2 heterocycles. The Morgan fingerprint density at radius 3 is 2.67 bits per heavy atom. The highest BCUT2D eigenvalue weighted by atomic mass is 16.5. The predicted octanol–water partition coefficient (Wildman–Crippen LogP) is 3.39. The lowest BCUT2D eigenvalue weighted by Gasteiger charge is -2.24. The van der Waals surface area contributed by atoms with Gasteiger partial charge < -0.3 is 19.3 Å². The number of benzene rings is 2. The molecular weight excluding hydrogens is 378 g/mol. The van der Waals surface area contributed by atoms with Crippen LogP contribution in [0.15, 0.2) is 42.5 Å². The summed E-state index contributed by atoms with van der Waals surface area (Å²) in [5.74, 6) is 1.74. The zero-order chi connectivity index (χ0) is 20.8. The van der Waals surface area contributed by atoms with Gasteiger partial charge in [-0.15, -0.1) is 0 Å². The van der Waals surface area contributed by atoms with Crippen molar-refractivity contribution < 1.29 is 14.3 Å². The monoisotopic (exact) mass is 405 g/mol. The van der Waals surface area contributed by atoms with Crippen LogP contribution >= 0.6 is 0 Å². The minimum atomic E-state index is 0.178. The van der Waals surface area contributed by atoms with Crippen LogP contribution in [0.25, 0.3) is 0 Å². The van der Waals surface area contributed by atoms with Crippen molar-refractivity contribution in [3.05, 3.63) is 53.6 Å². The Kier molecular flexibility index (Phi) is 6.38. The van der Waals surface area contributed by atoms with Gasteiger partial charge in [-0.3, -0.25) is 4.79 Å². The summed E-state index contributed by atoms with van der Waals surface area (Å²) in [4.78, 5) is 17.0. The second kappa shape index (κ2) is 9.53. The van der Waals surface area contributed by atoms with E-state index in [4.69, 9.17) is 9.47 Å². The molecule has 0 N–H and O–H groups in total. The van der Waals surface area contributed by atoms with E-state index in [9.17, 15) is 10.1 Å². The lowest BCUT2D eigenvalue weighted by Crippen LogP contribution is -2.35. The molecule has 1 amide bonds. The fourth-order valence-electron chi connectivity index (χ4n) is 4.02. The molecule has 0 radical (unpaired) electrons. The molecule has 2 aromatic carbocycles. The molecule has 30 heavy (non-hydrogen) atoms. The normalized spacial score (nSPS) is 16.4. The van der Waals surface area contributed by atoms with Crippen molar-refractivity contribution in [1.29, 1.82) is 5.26 Å². The number of hydrogen-bond donors (Lipinski definition) is 0. The summed E-state index contributed by atoms with van der Waals surface area (Å²) in [5, 5.41) is 9.37. The fraction of sp³-hybridized carbons (Fsp3) is 0.417. The first-order chi connectivity index (χ1) is 14.7. The van der Waals surface area contributed by atoms with Crippen molar-refractivity contribution in [3.8, 4) is 17.6 Å². The summed E-state index contributed by atoms with van der Waals surface area (Å²) < 4.78 is 11.4. The second-order valence-electron chi connectivity index (χ2n) is 7.68. The van der Waals surface area contributed by atoms with Crippen molar-refractivity contribution in [2.24, 2.45) is 0 Å². The molecule has 0 unspecified atom stereocenters. The number of para-hydroxylation sites is 1. The van der Waals surface area contributed by atoms with E-state index in [0.29, 0.717) is 38.2 Å². The lowest BCUT2D eigenvalue weighted by molar-refractivity contribution is -0.130. The first-order valence-electron chi connectivity index (χ1n) is 10.6. The molecule has 6 nitrogen and oxygen atoms in total. The van der Waals surface area contributed by atoms with Crippen LogP contribution in [0.4, 0.5) is 5.69 Å². The molecule has 0 spiro atoms. The van der Waals surface area contributed by atoms with Crippen LogP contribution in [-0.4, -0.2) is 50.2 Å². The van der Waals surface area contributed by atoms with E-state index < -0.39 is 0 Å². The number of aryl methyl sites for hydroxylation is 1. The number of ether oxygens (including phenoxy) is 2. The highest BCUT2D eigenvalue weighted by Gasteiger charge is 2.21. The molecule has 0 aliphatic carbocycles. The summed E-state index contributed by atoms with van der Waals surface area (Å²) in [7, 11) is 0. The zero-order valence-electron chi connectivity index (χ0n) is 17.2. The van der Waals surface area contributed by atoms with Crippen molar-refractivity contribution in [3.63, 3.8) is 0 Å². The fourth-order valence-corrected chi connectivity index (χ4v) is 4.02. The number of hydrogen-bond acceptors (Lipinski definition) is 5. The standard InChI is InChI=1S/C24H27N3O3/c25-18-20-5-1-2-6-21(20)26-11-3-12-27(14-13-26)24(28)10-8-19-7-9-22-23(17-19)30-16-4-15-29-22/h1-2,5-7,9,17H,3-4,8,10-16H2. The van der Waals surface area contributed by atoms with Crippen molar-refractivity contribution in [2.45, 2.75) is 25.7 Å².